The van der Waals surface area contributed by atoms with Crippen LogP contribution in [0.4, 0.5) is 0 Å². The molecule has 7 heteroatoms. The third-order valence-electron chi connectivity index (χ3n) is 5.58. The Morgan fingerprint density at radius 2 is 1.79 bits per heavy atom. The van der Waals surface area contributed by atoms with Crippen LogP contribution < -0.4 is 0 Å². The van der Waals surface area contributed by atoms with E-state index in [4.69, 9.17) is 0 Å². The van der Waals surface area contributed by atoms with E-state index in [1.54, 1.807) is 28.4 Å². The van der Waals surface area contributed by atoms with Crippen molar-refractivity contribution in [2.45, 2.75) is 43.9 Å². The Morgan fingerprint density at radius 3 is 2.43 bits per heavy atom. The van der Waals surface area contributed by atoms with Gasteiger partial charge in [0.1, 0.15) is 0 Å². The molecule has 2 aromatic rings. The second-order valence-corrected chi connectivity index (χ2v) is 10.6. The highest BCUT2D eigenvalue weighted by molar-refractivity contribution is 7.89. The summed E-state index contributed by atoms with van der Waals surface area (Å²) in [7, 11) is -3.51. The lowest BCUT2D eigenvalue weighted by Gasteiger charge is -2.33. The highest BCUT2D eigenvalue weighted by Gasteiger charge is 2.31. The lowest BCUT2D eigenvalue weighted by Crippen LogP contribution is -2.50. The summed E-state index contributed by atoms with van der Waals surface area (Å²) in [5.74, 6) is 0.0420. The highest BCUT2D eigenvalue weighted by Crippen LogP contribution is 2.31. The summed E-state index contributed by atoms with van der Waals surface area (Å²) < 4.78 is 27.3. The van der Waals surface area contributed by atoms with Crippen LogP contribution in [-0.4, -0.2) is 49.7 Å². The number of sulfonamides is 1. The standard InChI is InChI=1S/C21H26N2O3S2/c1-2-4-16-7-9-18(10-8-16)28(25,26)23-13-11-22(12-14-23)21(24)20-15-17-5-3-6-19(17)27-20/h7-10,15H,2-6,11-14H2,1H3. The van der Waals surface area contributed by atoms with Gasteiger partial charge in [0.15, 0.2) is 0 Å². The van der Waals surface area contributed by atoms with E-state index in [0.29, 0.717) is 31.1 Å². The second-order valence-electron chi connectivity index (χ2n) is 7.50. The average Bonchev–Trinajstić information content (AvgIpc) is 3.30. The van der Waals surface area contributed by atoms with Crippen molar-refractivity contribution in [3.05, 3.63) is 51.2 Å². The van der Waals surface area contributed by atoms with E-state index < -0.39 is 10.0 Å². The van der Waals surface area contributed by atoms with Crippen molar-refractivity contribution in [2.24, 2.45) is 0 Å². The molecule has 0 saturated carbocycles. The number of carbonyl (C=O) groups is 1. The number of benzene rings is 1. The Bertz CT molecular complexity index is 935. The number of nitrogens with zero attached hydrogens (tertiary/aromatic N) is 2. The number of hydrogen-bond acceptors (Lipinski definition) is 4. The Morgan fingerprint density at radius 1 is 1.07 bits per heavy atom. The van der Waals surface area contributed by atoms with Crippen LogP contribution in [0.15, 0.2) is 35.2 Å². The average molecular weight is 419 g/mol. The van der Waals surface area contributed by atoms with E-state index in [2.05, 4.69) is 6.92 Å². The predicted octanol–water partition coefficient (Wildman–Crippen LogP) is 3.34. The largest absolute Gasteiger partial charge is 0.335 e. The van der Waals surface area contributed by atoms with E-state index in [1.165, 1.54) is 21.2 Å². The molecule has 1 fully saturated rings. The van der Waals surface area contributed by atoms with Crippen molar-refractivity contribution >= 4 is 27.3 Å². The van der Waals surface area contributed by atoms with Gasteiger partial charge in [-0.3, -0.25) is 4.79 Å². The molecule has 2 aliphatic rings. The van der Waals surface area contributed by atoms with Gasteiger partial charge in [-0.1, -0.05) is 25.5 Å². The van der Waals surface area contributed by atoms with Gasteiger partial charge in [0.25, 0.3) is 5.91 Å². The molecule has 1 aromatic heterocycles. The minimum absolute atomic E-state index is 0.0420. The minimum Gasteiger partial charge on any atom is -0.335 e. The van der Waals surface area contributed by atoms with Crippen LogP contribution in [0.25, 0.3) is 0 Å². The Labute approximate surface area is 171 Å². The number of piperazine rings is 1. The fraction of sp³-hybridized carbons (Fsp3) is 0.476. The zero-order valence-electron chi connectivity index (χ0n) is 16.2. The highest BCUT2D eigenvalue weighted by atomic mass is 32.2. The molecule has 1 aliphatic heterocycles. The van der Waals surface area contributed by atoms with Crippen LogP contribution in [0.2, 0.25) is 0 Å². The first-order valence-corrected chi connectivity index (χ1v) is 12.2. The van der Waals surface area contributed by atoms with Gasteiger partial charge < -0.3 is 4.90 Å². The molecule has 5 nitrogen and oxygen atoms in total. The van der Waals surface area contributed by atoms with Crippen molar-refractivity contribution in [3.8, 4) is 0 Å². The third-order valence-corrected chi connectivity index (χ3v) is 8.72. The van der Waals surface area contributed by atoms with Crippen LogP contribution in [-0.2, 0) is 29.3 Å². The molecular formula is C21H26N2O3S2. The van der Waals surface area contributed by atoms with Crippen LogP contribution in [0.3, 0.4) is 0 Å². The predicted molar refractivity (Wildman–Crippen MR) is 111 cm³/mol. The fourth-order valence-corrected chi connectivity index (χ4v) is 6.63. The lowest BCUT2D eigenvalue weighted by atomic mass is 10.1. The molecule has 0 spiro atoms. The zero-order valence-corrected chi connectivity index (χ0v) is 17.8. The molecule has 0 bridgehead atoms. The number of carbonyl (C=O) groups excluding carboxylic acids is 1. The molecule has 2 heterocycles. The number of hydrogen-bond donors (Lipinski definition) is 0. The maximum Gasteiger partial charge on any atom is 0.264 e. The molecule has 4 rings (SSSR count). The van der Waals surface area contributed by atoms with Crippen molar-refractivity contribution in [1.29, 1.82) is 0 Å². The first kappa shape index (κ1) is 19.6. The van der Waals surface area contributed by atoms with Gasteiger partial charge >= 0.3 is 0 Å². The summed E-state index contributed by atoms with van der Waals surface area (Å²) in [6.07, 6.45) is 5.33. The SMILES string of the molecule is CCCc1ccc(S(=O)(=O)N2CCN(C(=O)c3cc4c(s3)CCC4)CC2)cc1. The summed E-state index contributed by atoms with van der Waals surface area (Å²) in [6, 6.07) is 9.23. The van der Waals surface area contributed by atoms with Crippen LogP contribution in [0.1, 0.15) is 45.4 Å². The topological polar surface area (TPSA) is 57.7 Å². The van der Waals surface area contributed by atoms with Gasteiger partial charge in [0.05, 0.1) is 9.77 Å². The van der Waals surface area contributed by atoms with Crippen molar-refractivity contribution in [2.75, 3.05) is 26.2 Å². The third kappa shape index (κ3) is 3.75. The number of amides is 1. The van der Waals surface area contributed by atoms with Crippen LogP contribution in [0.5, 0.6) is 0 Å². The number of fused-ring (bicyclic) bond motifs is 1. The Kier molecular flexibility index (Phi) is 5.58. The fourth-order valence-electron chi connectivity index (χ4n) is 3.99. The van der Waals surface area contributed by atoms with Gasteiger partial charge in [0.2, 0.25) is 10.0 Å². The van der Waals surface area contributed by atoms with Gasteiger partial charge in [-0.2, -0.15) is 4.31 Å². The molecule has 0 radical (unpaired) electrons. The molecule has 0 unspecified atom stereocenters. The lowest BCUT2D eigenvalue weighted by molar-refractivity contribution is 0.0702. The molecular weight excluding hydrogens is 392 g/mol. The molecule has 0 N–H and O–H groups in total. The number of rotatable bonds is 5. The quantitative estimate of drug-likeness (QED) is 0.748. The van der Waals surface area contributed by atoms with E-state index >= 15 is 0 Å². The van der Waals surface area contributed by atoms with Gasteiger partial charge in [-0.25, -0.2) is 8.42 Å². The summed E-state index contributed by atoms with van der Waals surface area (Å²) in [5.41, 5.74) is 2.47. The first-order chi connectivity index (χ1) is 13.5. The van der Waals surface area contributed by atoms with Crippen LogP contribution >= 0.6 is 11.3 Å². The second kappa shape index (κ2) is 7.97. The molecule has 150 valence electrons. The summed E-state index contributed by atoms with van der Waals surface area (Å²) in [6.45, 7) is 3.67. The van der Waals surface area contributed by atoms with Gasteiger partial charge in [-0.05, 0) is 55.0 Å². The number of thiophene rings is 1. The summed E-state index contributed by atoms with van der Waals surface area (Å²) in [4.78, 5) is 17.1. The summed E-state index contributed by atoms with van der Waals surface area (Å²) in [5, 5.41) is 0. The molecule has 1 saturated heterocycles. The summed E-state index contributed by atoms with van der Waals surface area (Å²) >= 11 is 1.61. The van der Waals surface area contributed by atoms with Gasteiger partial charge in [0, 0.05) is 31.1 Å². The normalized spacial score (nSPS) is 17.7. The molecule has 1 aliphatic carbocycles. The Hall–Kier alpha value is -1.70. The molecule has 1 aromatic carbocycles. The molecule has 1 amide bonds. The van der Waals surface area contributed by atoms with Crippen molar-refractivity contribution in [1.82, 2.24) is 9.21 Å². The minimum atomic E-state index is -3.51. The van der Waals surface area contributed by atoms with Crippen molar-refractivity contribution < 1.29 is 13.2 Å². The maximum atomic E-state index is 12.9. The zero-order chi connectivity index (χ0) is 19.7. The molecule has 28 heavy (non-hydrogen) atoms. The Balaban J connectivity index is 1.40. The maximum absolute atomic E-state index is 12.9. The van der Waals surface area contributed by atoms with E-state index in [9.17, 15) is 13.2 Å². The smallest absolute Gasteiger partial charge is 0.264 e. The van der Waals surface area contributed by atoms with E-state index in [0.717, 1.165) is 36.1 Å². The monoisotopic (exact) mass is 418 g/mol. The molecule has 0 atom stereocenters. The van der Waals surface area contributed by atoms with Gasteiger partial charge in [-0.15, -0.1) is 11.3 Å². The number of aryl methyl sites for hydroxylation is 3. The first-order valence-electron chi connectivity index (χ1n) is 9.99. The van der Waals surface area contributed by atoms with E-state index in [-0.39, 0.29) is 5.91 Å². The van der Waals surface area contributed by atoms with Crippen LogP contribution in [0, 0.1) is 0 Å². The van der Waals surface area contributed by atoms with Crippen molar-refractivity contribution in [3.63, 3.8) is 0 Å². The van der Waals surface area contributed by atoms with E-state index in [1.807, 2.05) is 18.2 Å².